The molecule has 0 saturated carbocycles. The summed E-state index contributed by atoms with van der Waals surface area (Å²) in [5, 5.41) is 0. The molecule has 1 aromatic carbocycles. The van der Waals surface area contributed by atoms with Crippen LogP contribution in [0.15, 0.2) is 30.6 Å². The molecule has 1 aromatic heterocycles. The van der Waals surface area contributed by atoms with Crippen LogP contribution in [0.2, 0.25) is 0 Å². The quantitative estimate of drug-likeness (QED) is 0.720. The summed E-state index contributed by atoms with van der Waals surface area (Å²) in [6, 6.07) is 7.55. The predicted octanol–water partition coefficient (Wildman–Crippen LogP) is 2.69. The lowest BCUT2D eigenvalue weighted by molar-refractivity contribution is 0.101. The van der Waals surface area contributed by atoms with Crippen molar-refractivity contribution in [2.75, 3.05) is 0 Å². The molecule has 1 heterocycles. The van der Waals surface area contributed by atoms with Crippen molar-refractivity contribution in [3.8, 4) is 5.69 Å². The minimum Gasteiger partial charge on any atom is -0.303 e. The summed E-state index contributed by atoms with van der Waals surface area (Å²) in [4.78, 5) is 15.4. The van der Waals surface area contributed by atoms with Crippen molar-refractivity contribution in [3.63, 3.8) is 0 Å². The van der Waals surface area contributed by atoms with Gasteiger partial charge in [-0.15, -0.1) is 0 Å². The maximum atomic E-state index is 11.1. The average molecular weight is 214 g/mol. The molecule has 0 spiro atoms. The van der Waals surface area contributed by atoms with Crippen molar-refractivity contribution < 1.29 is 4.79 Å². The zero-order chi connectivity index (χ0) is 11.7. The van der Waals surface area contributed by atoms with Crippen molar-refractivity contribution in [2.24, 2.45) is 0 Å². The number of aryl methyl sites for hydroxylation is 1. The monoisotopic (exact) mass is 214 g/mol. The molecule has 0 radical (unpaired) electrons. The summed E-state index contributed by atoms with van der Waals surface area (Å²) in [6.45, 7) is 5.58. The fraction of sp³-hybridized carbons (Fsp3) is 0.231. The molecule has 0 aliphatic rings. The first-order valence-electron chi connectivity index (χ1n) is 5.21. The predicted molar refractivity (Wildman–Crippen MR) is 63.0 cm³/mol. The molecule has 0 saturated heterocycles. The molecule has 0 aliphatic heterocycles. The lowest BCUT2D eigenvalue weighted by Gasteiger charge is -2.05. The van der Waals surface area contributed by atoms with Gasteiger partial charge in [0.15, 0.2) is 5.78 Å². The molecule has 2 aromatic rings. The van der Waals surface area contributed by atoms with Crippen LogP contribution >= 0.6 is 0 Å². The van der Waals surface area contributed by atoms with E-state index in [1.807, 2.05) is 42.7 Å². The molecule has 82 valence electrons. The van der Waals surface area contributed by atoms with E-state index in [0.29, 0.717) is 0 Å². The molecular formula is C13H14N2O. The van der Waals surface area contributed by atoms with Gasteiger partial charge in [-0.3, -0.25) is 4.79 Å². The SMILES string of the molecule is CC(=O)c1ccc(-n2cnc(C)c2C)cc1. The van der Waals surface area contributed by atoms with Gasteiger partial charge in [0.2, 0.25) is 0 Å². The summed E-state index contributed by atoms with van der Waals surface area (Å²) in [6.07, 6.45) is 1.80. The summed E-state index contributed by atoms with van der Waals surface area (Å²) < 4.78 is 2.01. The van der Waals surface area contributed by atoms with Crippen molar-refractivity contribution in [1.82, 2.24) is 9.55 Å². The maximum Gasteiger partial charge on any atom is 0.159 e. The highest BCUT2D eigenvalue weighted by Crippen LogP contribution is 2.14. The van der Waals surface area contributed by atoms with Gasteiger partial charge in [0, 0.05) is 16.9 Å². The van der Waals surface area contributed by atoms with Gasteiger partial charge in [-0.25, -0.2) is 4.98 Å². The Hall–Kier alpha value is -1.90. The first kappa shape index (κ1) is 10.6. The molecule has 0 unspecified atom stereocenters. The summed E-state index contributed by atoms with van der Waals surface area (Å²) >= 11 is 0. The Kier molecular flexibility index (Phi) is 2.60. The number of Topliss-reactive ketones (excluding diaryl/α,β-unsaturated/α-hetero) is 1. The molecule has 3 heteroatoms. The van der Waals surface area contributed by atoms with Gasteiger partial charge in [0.25, 0.3) is 0 Å². The van der Waals surface area contributed by atoms with Crippen LogP contribution in [0.4, 0.5) is 0 Å². The van der Waals surface area contributed by atoms with Gasteiger partial charge in [-0.1, -0.05) is 0 Å². The van der Waals surface area contributed by atoms with Gasteiger partial charge in [-0.2, -0.15) is 0 Å². The highest BCUT2D eigenvalue weighted by atomic mass is 16.1. The average Bonchev–Trinajstić information content (AvgIpc) is 2.60. The number of aromatic nitrogens is 2. The zero-order valence-electron chi connectivity index (χ0n) is 9.69. The third-order valence-electron chi connectivity index (χ3n) is 2.80. The number of hydrogen-bond acceptors (Lipinski definition) is 2. The Morgan fingerprint density at radius 1 is 1.19 bits per heavy atom. The van der Waals surface area contributed by atoms with E-state index in [2.05, 4.69) is 4.98 Å². The number of benzene rings is 1. The van der Waals surface area contributed by atoms with Crippen molar-refractivity contribution in [1.29, 1.82) is 0 Å². The Labute approximate surface area is 94.7 Å². The molecule has 2 rings (SSSR count). The number of hydrogen-bond donors (Lipinski definition) is 0. The highest BCUT2D eigenvalue weighted by molar-refractivity contribution is 5.94. The summed E-state index contributed by atoms with van der Waals surface area (Å²) in [7, 11) is 0. The van der Waals surface area contributed by atoms with Gasteiger partial charge in [0.05, 0.1) is 12.0 Å². The summed E-state index contributed by atoms with van der Waals surface area (Å²) in [5.41, 5.74) is 3.91. The number of carbonyl (C=O) groups excluding carboxylic acids is 1. The number of nitrogens with zero attached hydrogens (tertiary/aromatic N) is 2. The maximum absolute atomic E-state index is 11.1. The van der Waals surface area contributed by atoms with E-state index in [-0.39, 0.29) is 5.78 Å². The molecule has 0 aliphatic carbocycles. The van der Waals surface area contributed by atoms with E-state index in [1.165, 1.54) is 0 Å². The molecule has 0 bridgehead atoms. The zero-order valence-corrected chi connectivity index (χ0v) is 9.69. The van der Waals surface area contributed by atoms with Crippen LogP contribution in [0.1, 0.15) is 28.7 Å². The third kappa shape index (κ3) is 1.76. The summed E-state index contributed by atoms with van der Waals surface area (Å²) in [5.74, 6) is 0.0880. The fourth-order valence-corrected chi connectivity index (χ4v) is 1.62. The van der Waals surface area contributed by atoms with Crippen LogP contribution in [0.5, 0.6) is 0 Å². The smallest absolute Gasteiger partial charge is 0.159 e. The molecule has 0 atom stereocenters. The Morgan fingerprint density at radius 2 is 1.81 bits per heavy atom. The van der Waals surface area contributed by atoms with E-state index in [0.717, 1.165) is 22.6 Å². The minimum atomic E-state index is 0.0880. The van der Waals surface area contributed by atoms with E-state index in [9.17, 15) is 4.79 Å². The Bertz CT molecular complexity index is 523. The van der Waals surface area contributed by atoms with Crippen LogP contribution in [-0.4, -0.2) is 15.3 Å². The van der Waals surface area contributed by atoms with Crippen molar-refractivity contribution >= 4 is 5.78 Å². The number of carbonyl (C=O) groups is 1. The molecule has 0 N–H and O–H groups in total. The van der Waals surface area contributed by atoms with E-state index in [4.69, 9.17) is 0 Å². The molecule has 0 fully saturated rings. The van der Waals surface area contributed by atoms with E-state index >= 15 is 0 Å². The largest absolute Gasteiger partial charge is 0.303 e. The van der Waals surface area contributed by atoms with Crippen molar-refractivity contribution in [2.45, 2.75) is 20.8 Å². The number of ketones is 1. The second-order valence-corrected chi connectivity index (χ2v) is 3.89. The van der Waals surface area contributed by atoms with Gasteiger partial charge >= 0.3 is 0 Å². The molecular weight excluding hydrogens is 200 g/mol. The van der Waals surface area contributed by atoms with Crippen LogP contribution in [0, 0.1) is 13.8 Å². The van der Waals surface area contributed by atoms with E-state index in [1.54, 1.807) is 13.3 Å². The molecule has 16 heavy (non-hydrogen) atoms. The fourth-order valence-electron chi connectivity index (χ4n) is 1.62. The normalized spacial score (nSPS) is 10.4. The van der Waals surface area contributed by atoms with Gasteiger partial charge in [0.1, 0.15) is 0 Å². The topological polar surface area (TPSA) is 34.9 Å². The standard InChI is InChI=1S/C13H14N2O/c1-9-10(2)15(8-14-9)13-6-4-12(5-7-13)11(3)16/h4-8H,1-3H3. The highest BCUT2D eigenvalue weighted by Gasteiger charge is 2.04. The van der Waals surface area contributed by atoms with Gasteiger partial charge in [-0.05, 0) is 45.0 Å². The molecule has 3 nitrogen and oxygen atoms in total. The second-order valence-electron chi connectivity index (χ2n) is 3.89. The lowest BCUT2D eigenvalue weighted by Crippen LogP contribution is -1.97. The van der Waals surface area contributed by atoms with Crippen LogP contribution in [-0.2, 0) is 0 Å². The lowest BCUT2D eigenvalue weighted by atomic mass is 10.1. The van der Waals surface area contributed by atoms with Crippen molar-refractivity contribution in [3.05, 3.63) is 47.5 Å². The second kappa shape index (κ2) is 3.93. The van der Waals surface area contributed by atoms with Crippen LogP contribution < -0.4 is 0 Å². The Morgan fingerprint density at radius 3 is 2.25 bits per heavy atom. The Balaban J connectivity index is 2.42. The van der Waals surface area contributed by atoms with Crippen LogP contribution in [0.25, 0.3) is 5.69 Å². The first-order chi connectivity index (χ1) is 7.59. The molecule has 0 amide bonds. The third-order valence-corrected chi connectivity index (χ3v) is 2.80. The number of imidazole rings is 1. The number of rotatable bonds is 2. The van der Waals surface area contributed by atoms with E-state index < -0.39 is 0 Å². The van der Waals surface area contributed by atoms with Gasteiger partial charge < -0.3 is 4.57 Å². The first-order valence-corrected chi connectivity index (χ1v) is 5.21. The van der Waals surface area contributed by atoms with Crippen LogP contribution in [0.3, 0.4) is 0 Å². The minimum absolute atomic E-state index is 0.0880.